The quantitative estimate of drug-likeness (QED) is 0.788. The molecular formula is C11H16N2O2. The molecule has 0 unspecified atom stereocenters. The fourth-order valence-corrected chi connectivity index (χ4v) is 1.25. The minimum absolute atomic E-state index is 0.0483. The molecule has 0 atom stereocenters. The number of nitrogens with zero attached hydrogens (tertiary/aromatic N) is 1. The van der Waals surface area contributed by atoms with E-state index in [0.717, 1.165) is 11.3 Å². The van der Waals surface area contributed by atoms with Crippen molar-refractivity contribution in [1.82, 2.24) is 4.90 Å². The Balaban J connectivity index is 2.60. The van der Waals surface area contributed by atoms with Crippen LogP contribution in [0.2, 0.25) is 0 Å². The Kier molecular flexibility index (Phi) is 4.12. The van der Waals surface area contributed by atoms with Crippen molar-refractivity contribution in [3.63, 3.8) is 0 Å². The Morgan fingerprint density at radius 3 is 2.47 bits per heavy atom. The number of amides is 1. The maximum Gasteiger partial charge on any atom is 0.236 e. The number of benzene rings is 1. The third-order valence-electron chi connectivity index (χ3n) is 2.18. The maximum absolute atomic E-state index is 11.2. The number of carbonyl (C=O) groups excluding carboxylic acids is 1. The molecule has 0 aromatic heterocycles. The highest BCUT2D eigenvalue weighted by atomic mass is 16.5. The van der Waals surface area contributed by atoms with Crippen LogP contribution in [-0.2, 0) is 11.3 Å². The van der Waals surface area contributed by atoms with E-state index in [0.29, 0.717) is 6.54 Å². The second-order valence-electron chi connectivity index (χ2n) is 3.30. The van der Waals surface area contributed by atoms with Crippen LogP contribution in [-0.4, -0.2) is 31.5 Å². The van der Waals surface area contributed by atoms with Crippen molar-refractivity contribution in [3.05, 3.63) is 29.8 Å². The summed E-state index contributed by atoms with van der Waals surface area (Å²) in [5, 5.41) is 0. The molecule has 1 rings (SSSR count). The number of likely N-dealkylation sites (N-methyl/N-ethyl adjacent to an activating group) is 1. The standard InChI is InChI=1S/C11H16N2O2/c1-13(11(14)7-12)8-9-3-5-10(15-2)6-4-9/h3-6H,7-8,12H2,1-2H3. The molecule has 1 amide bonds. The van der Waals surface area contributed by atoms with Crippen LogP contribution in [0.15, 0.2) is 24.3 Å². The molecule has 0 aliphatic heterocycles. The number of ether oxygens (including phenoxy) is 1. The van der Waals surface area contributed by atoms with Gasteiger partial charge in [-0.15, -0.1) is 0 Å². The smallest absolute Gasteiger partial charge is 0.236 e. The zero-order valence-corrected chi connectivity index (χ0v) is 9.06. The Morgan fingerprint density at radius 1 is 1.40 bits per heavy atom. The Labute approximate surface area is 89.6 Å². The van der Waals surface area contributed by atoms with E-state index in [-0.39, 0.29) is 12.5 Å². The highest BCUT2D eigenvalue weighted by molar-refractivity contribution is 5.77. The second-order valence-corrected chi connectivity index (χ2v) is 3.30. The molecule has 4 nitrogen and oxygen atoms in total. The molecule has 0 heterocycles. The first-order valence-corrected chi connectivity index (χ1v) is 4.74. The van der Waals surface area contributed by atoms with Crippen LogP contribution in [0.3, 0.4) is 0 Å². The molecule has 0 saturated heterocycles. The van der Waals surface area contributed by atoms with Crippen LogP contribution >= 0.6 is 0 Å². The first-order chi connectivity index (χ1) is 7.17. The molecule has 0 saturated carbocycles. The lowest BCUT2D eigenvalue weighted by Gasteiger charge is -2.16. The summed E-state index contributed by atoms with van der Waals surface area (Å²) >= 11 is 0. The Hall–Kier alpha value is -1.55. The molecule has 2 N–H and O–H groups in total. The van der Waals surface area contributed by atoms with Crippen LogP contribution in [0.25, 0.3) is 0 Å². The first-order valence-electron chi connectivity index (χ1n) is 4.74. The van der Waals surface area contributed by atoms with Gasteiger partial charge in [0.1, 0.15) is 5.75 Å². The van der Waals surface area contributed by atoms with E-state index in [9.17, 15) is 4.79 Å². The van der Waals surface area contributed by atoms with Crippen LogP contribution in [0.5, 0.6) is 5.75 Å². The monoisotopic (exact) mass is 208 g/mol. The summed E-state index contributed by atoms with van der Waals surface area (Å²) in [6.07, 6.45) is 0. The third kappa shape index (κ3) is 3.25. The van der Waals surface area contributed by atoms with Crippen LogP contribution in [0.4, 0.5) is 0 Å². The van der Waals surface area contributed by atoms with Gasteiger partial charge in [0.25, 0.3) is 0 Å². The summed E-state index contributed by atoms with van der Waals surface area (Å²) in [4.78, 5) is 12.8. The lowest BCUT2D eigenvalue weighted by Crippen LogP contribution is -2.32. The van der Waals surface area contributed by atoms with Crippen molar-refractivity contribution >= 4 is 5.91 Å². The SMILES string of the molecule is COc1ccc(CN(C)C(=O)CN)cc1. The van der Waals surface area contributed by atoms with E-state index in [4.69, 9.17) is 10.5 Å². The highest BCUT2D eigenvalue weighted by Gasteiger charge is 2.06. The summed E-state index contributed by atoms with van der Waals surface area (Å²) in [5.41, 5.74) is 6.32. The van der Waals surface area contributed by atoms with Crippen LogP contribution in [0.1, 0.15) is 5.56 Å². The van der Waals surface area contributed by atoms with Crippen molar-refractivity contribution in [2.45, 2.75) is 6.54 Å². The maximum atomic E-state index is 11.2. The molecule has 0 radical (unpaired) electrons. The van der Waals surface area contributed by atoms with Gasteiger partial charge in [-0.1, -0.05) is 12.1 Å². The van der Waals surface area contributed by atoms with Crippen LogP contribution in [0, 0.1) is 0 Å². The molecule has 4 heteroatoms. The van der Waals surface area contributed by atoms with E-state index in [2.05, 4.69) is 0 Å². The van der Waals surface area contributed by atoms with Crippen molar-refractivity contribution < 1.29 is 9.53 Å². The fourth-order valence-electron chi connectivity index (χ4n) is 1.25. The van der Waals surface area contributed by atoms with E-state index >= 15 is 0 Å². The molecule has 0 aliphatic carbocycles. The second kappa shape index (κ2) is 5.36. The predicted octanol–water partition coefficient (Wildman–Crippen LogP) is 0.612. The summed E-state index contributed by atoms with van der Waals surface area (Å²) in [6.45, 7) is 0.618. The summed E-state index contributed by atoms with van der Waals surface area (Å²) < 4.78 is 5.04. The zero-order chi connectivity index (χ0) is 11.3. The van der Waals surface area contributed by atoms with E-state index < -0.39 is 0 Å². The minimum atomic E-state index is -0.0641. The predicted molar refractivity (Wildman–Crippen MR) is 58.5 cm³/mol. The van der Waals surface area contributed by atoms with Gasteiger partial charge in [-0.2, -0.15) is 0 Å². The first kappa shape index (κ1) is 11.5. The number of nitrogens with two attached hydrogens (primary N) is 1. The molecule has 0 bridgehead atoms. The van der Waals surface area contributed by atoms with Gasteiger partial charge in [0, 0.05) is 13.6 Å². The number of methoxy groups -OCH3 is 1. The van der Waals surface area contributed by atoms with Gasteiger partial charge in [0.15, 0.2) is 0 Å². The molecular weight excluding hydrogens is 192 g/mol. The summed E-state index contributed by atoms with van der Waals surface area (Å²) in [5.74, 6) is 0.748. The van der Waals surface area contributed by atoms with E-state index in [1.807, 2.05) is 24.3 Å². The molecule has 1 aromatic carbocycles. The van der Waals surface area contributed by atoms with Crippen LogP contribution < -0.4 is 10.5 Å². The van der Waals surface area contributed by atoms with Gasteiger partial charge in [-0.05, 0) is 17.7 Å². The summed E-state index contributed by atoms with van der Waals surface area (Å²) in [6, 6.07) is 7.60. The van der Waals surface area contributed by atoms with Gasteiger partial charge >= 0.3 is 0 Å². The lowest BCUT2D eigenvalue weighted by molar-refractivity contribution is -0.128. The average Bonchev–Trinajstić information content (AvgIpc) is 2.29. The topological polar surface area (TPSA) is 55.6 Å². The van der Waals surface area contributed by atoms with Crippen molar-refractivity contribution in [2.24, 2.45) is 5.73 Å². The van der Waals surface area contributed by atoms with E-state index in [1.54, 1.807) is 19.1 Å². The number of rotatable bonds is 4. The van der Waals surface area contributed by atoms with Gasteiger partial charge in [-0.3, -0.25) is 4.79 Å². The number of carbonyl (C=O) groups is 1. The zero-order valence-electron chi connectivity index (χ0n) is 9.06. The third-order valence-corrected chi connectivity index (χ3v) is 2.18. The van der Waals surface area contributed by atoms with Gasteiger partial charge in [0.05, 0.1) is 13.7 Å². The minimum Gasteiger partial charge on any atom is -0.497 e. The van der Waals surface area contributed by atoms with Crippen molar-refractivity contribution in [3.8, 4) is 5.75 Å². The largest absolute Gasteiger partial charge is 0.497 e. The van der Waals surface area contributed by atoms with E-state index in [1.165, 1.54) is 0 Å². The average molecular weight is 208 g/mol. The van der Waals surface area contributed by atoms with Gasteiger partial charge in [0.2, 0.25) is 5.91 Å². The molecule has 0 fully saturated rings. The number of hydrogen-bond acceptors (Lipinski definition) is 3. The summed E-state index contributed by atoms with van der Waals surface area (Å²) in [7, 11) is 3.36. The Morgan fingerprint density at radius 2 is 2.00 bits per heavy atom. The molecule has 1 aromatic rings. The normalized spacial score (nSPS) is 9.80. The highest BCUT2D eigenvalue weighted by Crippen LogP contribution is 2.12. The van der Waals surface area contributed by atoms with Crippen molar-refractivity contribution in [1.29, 1.82) is 0 Å². The fraction of sp³-hybridized carbons (Fsp3) is 0.364. The molecule has 0 aliphatic rings. The van der Waals surface area contributed by atoms with Crippen molar-refractivity contribution in [2.75, 3.05) is 20.7 Å². The van der Waals surface area contributed by atoms with Gasteiger partial charge in [-0.25, -0.2) is 0 Å². The lowest BCUT2D eigenvalue weighted by atomic mass is 10.2. The molecule has 15 heavy (non-hydrogen) atoms. The Bertz CT molecular complexity index is 322. The number of hydrogen-bond donors (Lipinski definition) is 1. The van der Waals surface area contributed by atoms with Gasteiger partial charge < -0.3 is 15.4 Å². The molecule has 0 spiro atoms. The molecule has 82 valence electrons.